The van der Waals surface area contributed by atoms with Crippen LogP contribution in [0.1, 0.15) is 17.9 Å². The molecular formula is C12H15NS. The van der Waals surface area contributed by atoms with Crippen molar-refractivity contribution in [1.29, 1.82) is 0 Å². The Kier molecular flexibility index (Phi) is 2.26. The van der Waals surface area contributed by atoms with Crippen molar-refractivity contribution in [3.8, 4) is 0 Å². The molecule has 1 aromatic carbocycles. The van der Waals surface area contributed by atoms with Crippen LogP contribution in [0.4, 0.5) is 0 Å². The highest BCUT2D eigenvalue weighted by Gasteiger charge is 2.27. The second-order valence-corrected chi connectivity index (χ2v) is 5.37. The molecule has 0 bridgehead atoms. The van der Waals surface area contributed by atoms with E-state index in [1.54, 1.807) is 5.56 Å². The summed E-state index contributed by atoms with van der Waals surface area (Å²) >= 11 is 2.03. The van der Waals surface area contributed by atoms with Gasteiger partial charge in [-0.3, -0.25) is 0 Å². The second kappa shape index (κ2) is 3.59. The highest BCUT2D eigenvalue weighted by molar-refractivity contribution is 7.99. The van der Waals surface area contributed by atoms with E-state index in [9.17, 15) is 0 Å². The quantitative estimate of drug-likeness (QED) is 0.796. The zero-order chi connectivity index (χ0) is 9.38. The molecule has 0 amide bonds. The van der Waals surface area contributed by atoms with Crippen molar-refractivity contribution < 1.29 is 0 Å². The van der Waals surface area contributed by atoms with Gasteiger partial charge in [0.1, 0.15) is 0 Å². The van der Waals surface area contributed by atoms with Gasteiger partial charge in [-0.1, -0.05) is 18.2 Å². The first-order valence-electron chi connectivity index (χ1n) is 5.36. The lowest BCUT2D eigenvalue weighted by Crippen LogP contribution is -2.42. The number of benzene rings is 1. The van der Waals surface area contributed by atoms with Crippen LogP contribution in [0.25, 0.3) is 0 Å². The third kappa shape index (κ3) is 1.47. The molecule has 1 saturated heterocycles. The van der Waals surface area contributed by atoms with E-state index >= 15 is 0 Å². The third-order valence-corrected chi connectivity index (χ3v) is 4.53. The molecule has 0 radical (unpaired) electrons. The van der Waals surface area contributed by atoms with E-state index in [-0.39, 0.29) is 0 Å². The molecule has 2 aliphatic heterocycles. The largest absolute Gasteiger partial charge is 0.316 e. The Balaban J connectivity index is 1.76. The molecule has 1 N–H and O–H groups in total. The van der Waals surface area contributed by atoms with Crippen LogP contribution in [-0.4, -0.2) is 18.8 Å². The van der Waals surface area contributed by atoms with E-state index in [2.05, 4.69) is 29.6 Å². The average Bonchev–Trinajstić information content (AvgIpc) is 2.55. The van der Waals surface area contributed by atoms with Gasteiger partial charge in [0.25, 0.3) is 0 Å². The van der Waals surface area contributed by atoms with E-state index in [0.717, 1.165) is 11.8 Å². The molecular weight excluding hydrogens is 190 g/mol. The van der Waals surface area contributed by atoms with Gasteiger partial charge in [0.15, 0.2) is 0 Å². The number of nitrogens with one attached hydrogen (secondary N) is 1. The molecule has 2 aliphatic rings. The summed E-state index contributed by atoms with van der Waals surface area (Å²) in [6.45, 7) is 2.48. The molecule has 74 valence electrons. The Hall–Kier alpha value is -0.470. The molecule has 1 fully saturated rings. The summed E-state index contributed by atoms with van der Waals surface area (Å²) in [6, 6.07) is 8.90. The number of hydrogen-bond donors (Lipinski definition) is 1. The Morgan fingerprint density at radius 3 is 2.93 bits per heavy atom. The van der Waals surface area contributed by atoms with Crippen LogP contribution in [0, 0.1) is 5.92 Å². The summed E-state index contributed by atoms with van der Waals surface area (Å²) in [7, 11) is 0. The van der Waals surface area contributed by atoms with E-state index < -0.39 is 0 Å². The third-order valence-electron chi connectivity index (χ3n) is 3.28. The zero-order valence-corrected chi connectivity index (χ0v) is 9.02. The minimum absolute atomic E-state index is 0.822. The normalized spacial score (nSPS) is 25.9. The number of thioether (sulfide) groups is 1. The molecule has 1 unspecified atom stereocenters. The Labute approximate surface area is 89.3 Å². The van der Waals surface area contributed by atoms with Gasteiger partial charge in [-0.05, 0) is 43.0 Å². The fourth-order valence-corrected chi connectivity index (χ4v) is 3.61. The monoisotopic (exact) mass is 205 g/mol. The predicted molar refractivity (Wildman–Crippen MR) is 60.9 cm³/mol. The minimum atomic E-state index is 0.822. The molecule has 0 aromatic heterocycles. The molecule has 1 atom stereocenters. The Morgan fingerprint density at radius 1 is 1.29 bits per heavy atom. The Morgan fingerprint density at radius 2 is 2.14 bits per heavy atom. The predicted octanol–water partition coefficient (Wildman–Crippen LogP) is 2.49. The van der Waals surface area contributed by atoms with Gasteiger partial charge >= 0.3 is 0 Å². The summed E-state index contributed by atoms with van der Waals surface area (Å²) in [4.78, 5) is 1.52. The molecule has 0 saturated carbocycles. The van der Waals surface area contributed by atoms with Gasteiger partial charge in [-0.15, -0.1) is 11.8 Å². The van der Waals surface area contributed by atoms with Crippen LogP contribution in [0.15, 0.2) is 29.2 Å². The number of fused-ring (bicyclic) bond motifs is 1. The van der Waals surface area contributed by atoms with Crippen LogP contribution in [0.2, 0.25) is 0 Å². The van der Waals surface area contributed by atoms with Crippen LogP contribution < -0.4 is 5.32 Å². The first kappa shape index (κ1) is 8.81. The minimum Gasteiger partial charge on any atom is -0.316 e. The highest BCUT2D eigenvalue weighted by atomic mass is 32.2. The standard InChI is InChI=1S/C12H15NS/c1-2-4-12-11(3-1)10(8-14-12)5-9-6-13-7-9/h1-4,9-10,13H,5-8H2. The van der Waals surface area contributed by atoms with Crippen molar-refractivity contribution in [3.63, 3.8) is 0 Å². The van der Waals surface area contributed by atoms with E-state index in [0.29, 0.717) is 0 Å². The highest BCUT2D eigenvalue weighted by Crippen LogP contribution is 2.42. The average molecular weight is 205 g/mol. The molecule has 0 aliphatic carbocycles. The maximum Gasteiger partial charge on any atom is 0.0107 e. The van der Waals surface area contributed by atoms with Crippen molar-refractivity contribution in [2.45, 2.75) is 17.2 Å². The van der Waals surface area contributed by atoms with Crippen molar-refractivity contribution in [2.75, 3.05) is 18.8 Å². The van der Waals surface area contributed by atoms with E-state index in [1.807, 2.05) is 11.8 Å². The lowest BCUT2D eigenvalue weighted by molar-refractivity contribution is 0.312. The van der Waals surface area contributed by atoms with Gasteiger partial charge < -0.3 is 5.32 Å². The topological polar surface area (TPSA) is 12.0 Å². The van der Waals surface area contributed by atoms with Crippen LogP contribution in [0.3, 0.4) is 0 Å². The number of rotatable bonds is 2. The molecule has 1 aromatic rings. The maximum absolute atomic E-state index is 3.35. The zero-order valence-electron chi connectivity index (χ0n) is 8.20. The van der Waals surface area contributed by atoms with Crippen LogP contribution in [-0.2, 0) is 0 Å². The molecule has 0 spiro atoms. The van der Waals surface area contributed by atoms with Crippen LogP contribution in [0.5, 0.6) is 0 Å². The smallest absolute Gasteiger partial charge is 0.0107 e. The van der Waals surface area contributed by atoms with Gasteiger partial charge in [0, 0.05) is 10.6 Å². The summed E-state index contributed by atoms with van der Waals surface area (Å²) in [5.41, 5.74) is 1.60. The lowest BCUT2D eigenvalue weighted by atomic mass is 9.87. The SMILES string of the molecule is c1ccc2c(c1)SCC2CC1CNC1. The summed E-state index contributed by atoms with van der Waals surface area (Å²) in [5.74, 6) is 3.06. The molecule has 14 heavy (non-hydrogen) atoms. The van der Waals surface area contributed by atoms with E-state index in [4.69, 9.17) is 0 Å². The Bertz CT molecular complexity index is 333. The second-order valence-electron chi connectivity index (χ2n) is 4.31. The fourth-order valence-electron chi connectivity index (χ4n) is 2.34. The summed E-state index contributed by atoms with van der Waals surface area (Å²) in [6.07, 6.45) is 1.39. The maximum atomic E-state index is 3.35. The molecule has 2 heterocycles. The van der Waals surface area contributed by atoms with E-state index in [1.165, 1.54) is 30.2 Å². The summed E-state index contributed by atoms with van der Waals surface area (Å²) < 4.78 is 0. The lowest BCUT2D eigenvalue weighted by Gasteiger charge is -2.29. The van der Waals surface area contributed by atoms with Crippen LogP contribution >= 0.6 is 11.8 Å². The molecule has 2 heteroatoms. The van der Waals surface area contributed by atoms with Crippen molar-refractivity contribution in [1.82, 2.24) is 5.32 Å². The summed E-state index contributed by atoms with van der Waals surface area (Å²) in [5, 5.41) is 3.35. The molecule has 3 rings (SSSR count). The number of hydrogen-bond acceptors (Lipinski definition) is 2. The fraction of sp³-hybridized carbons (Fsp3) is 0.500. The molecule has 1 nitrogen and oxygen atoms in total. The van der Waals surface area contributed by atoms with Gasteiger partial charge in [-0.25, -0.2) is 0 Å². The van der Waals surface area contributed by atoms with Crippen molar-refractivity contribution >= 4 is 11.8 Å². The van der Waals surface area contributed by atoms with Crippen molar-refractivity contribution in [2.24, 2.45) is 5.92 Å². The van der Waals surface area contributed by atoms with Crippen molar-refractivity contribution in [3.05, 3.63) is 29.8 Å². The van der Waals surface area contributed by atoms with Gasteiger partial charge in [0.05, 0.1) is 0 Å². The van der Waals surface area contributed by atoms with Gasteiger partial charge in [0.2, 0.25) is 0 Å². The van der Waals surface area contributed by atoms with Gasteiger partial charge in [-0.2, -0.15) is 0 Å². The first-order chi connectivity index (χ1) is 6.93. The first-order valence-corrected chi connectivity index (χ1v) is 6.34.